The highest BCUT2D eigenvalue weighted by atomic mass is 16.6. The number of carboxylic acids is 1. The molecule has 1 heterocycles. The Balaban J connectivity index is 2.30. The van der Waals surface area contributed by atoms with Gasteiger partial charge in [0.2, 0.25) is 0 Å². The predicted octanol–water partition coefficient (Wildman–Crippen LogP) is -0.436. The molecule has 1 fully saturated rings. The topological polar surface area (TPSA) is 94.1 Å². The zero-order valence-corrected chi connectivity index (χ0v) is 10.7. The first-order valence-corrected chi connectivity index (χ1v) is 6.09. The van der Waals surface area contributed by atoms with Gasteiger partial charge in [0, 0.05) is 13.1 Å². The van der Waals surface area contributed by atoms with Crippen molar-refractivity contribution in [1.29, 1.82) is 0 Å². The van der Waals surface area contributed by atoms with Crippen LogP contribution in [0.2, 0.25) is 0 Å². The first-order chi connectivity index (χ1) is 9.15. The fourth-order valence-electron chi connectivity index (χ4n) is 1.58. The van der Waals surface area contributed by atoms with Gasteiger partial charge in [-0.05, 0) is 6.42 Å². The number of carbonyl (C=O) groups is 2. The van der Waals surface area contributed by atoms with Gasteiger partial charge in [0.05, 0.1) is 19.3 Å². The fraction of sp³-hybridized carbons (Fsp3) is 0.667. The Hall–Kier alpha value is -1.44. The summed E-state index contributed by atoms with van der Waals surface area (Å²) in [7, 11) is 0. The van der Waals surface area contributed by atoms with E-state index in [4.69, 9.17) is 14.6 Å². The second kappa shape index (κ2) is 8.63. The molecule has 108 valence electrons. The molecule has 0 aromatic heterocycles. The van der Waals surface area contributed by atoms with Crippen LogP contribution in [0.1, 0.15) is 6.42 Å². The number of carbonyl (C=O) groups excluding carboxylic acids is 1. The number of rotatable bonds is 8. The van der Waals surface area contributed by atoms with E-state index in [0.717, 1.165) is 6.54 Å². The lowest BCUT2D eigenvalue weighted by molar-refractivity contribution is -0.169. The molecule has 1 saturated heterocycles. The molecule has 0 saturated carbocycles. The van der Waals surface area contributed by atoms with Gasteiger partial charge in [0.1, 0.15) is 6.61 Å². The highest BCUT2D eigenvalue weighted by molar-refractivity contribution is 5.97. The van der Waals surface area contributed by atoms with E-state index in [9.17, 15) is 9.59 Å². The standard InChI is InChI=1S/C12H19NO6/c1-2-5-19-12(16)10(11(14)15)18-6-3-9-8-13-4-7-17-9/h2,9-10,13H,1,3-8H2,(H,14,15). The summed E-state index contributed by atoms with van der Waals surface area (Å²) in [4.78, 5) is 22.3. The summed E-state index contributed by atoms with van der Waals surface area (Å²) in [5.41, 5.74) is 0. The molecule has 0 aromatic carbocycles. The minimum absolute atomic E-state index is 0.0209. The molecule has 0 radical (unpaired) electrons. The summed E-state index contributed by atoms with van der Waals surface area (Å²) in [6.07, 6.45) is 0.257. The van der Waals surface area contributed by atoms with Crippen LogP contribution in [0.15, 0.2) is 12.7 Å². The number of morpholine rings is 1. The third-order valence-corrected chi connectivity index (χ3v) is 2.51. The monoisotopic (exact) mass is 273 g/mol. The van der Waals surface area contributed by atoms with Crippen molar-refractivity contribution in [2.75, 3.05) is 32.9 Å². The first-order valence-electron chi connectivity index (χ1n) is 6.09. The largest absolute Gasteiger partial charge is 0.479 e. The average molecular weight is 273 g/mol. The van der Waals surface area contributed by atoms with Gasteiger partial charge in [-0.15, -0.1) is 0 Å². The Morgan fingerprint density at radius 1 is 1.58 bits per heavy atom. The highest BCUT2D eigenvalue weighted by Crippen LogP contribution is 2.04. The van der Waals surface area contributed by atoms with Crippen LogP contribution in [-0.4, -0.2) is 62.2 Å². The molecule has 0 aromatic rings. The van der Waals surface area contributed by atoms with Gasteiger partial charge >= 0.3 is 11.9 Å². The summed E-state index contributed by atoms with van der Waals surface area (Å²) in [5.74, 6) is -2.29. The van der Waals surface area contributed by atoms with E-state index >= 15 is 0 Å². The van der Waals surface area contributed by atoms with Crippen LogP contribution < -0.4 is 5.32 Å². The molecule has 0 amide bonds. The summed E-state index contributed by atoms with van der Waals surface area (Å²) < 4.78 is 15.1. The van der Waals surface area contributed by atoms with Gasteiger partial charge in [-0.3, -0.25) is 0 Å². The second-order valence-corrected chi connectivity index (χ2v) is 3.99. The van der Waals surface area contributed by atoms with E-state index in [-0.39, 0.29) is 19.3 Å². The SMILES string of the molecule is C=CCOC(=O)C(OCCC1CNCCO1)C(=O)O. The van der Waals surface area contributed by atoms with Crippen molar-refractivity contribution in [3.05, 3.63) is 12.7 Å². The van der Waals surface area contributed by atoms with Crippen molar-refractivity contribution in [1.82, 2.24) is 5.32 Å². The molecule has 2 N–H and O–H groups in total. The smallest absolute Gasteiger partial charge is 0.347 e. The van der Waals surface area contributed by atoms with Gasteiger partial charge in [-0.1, -0.05) is 12.7 Å². The van der Waals surface area contributed by atoms with E-state index in [2.05, 4.69) is 16.6 Å². The maximum atomic E-state index is 11.4. The Bertz CT molecular complexity index is 313. The summed E-state index contributed by atoms with van der Waals surface area (Å²) >= 11 is 0. The van der Waals surface area contributed by atoms with Crippen LogP contribution in [0.5, 0.6) is 0 Å². The molecule has 1 rings (SSSR count). The van der Waals surface area contributed by atoms with E-state index < -0.39 is 18.0 Å². The number of ether oxygens (including phenoxy) is 3. The van der Waals surface area contributed by atoms with Crippen molar-refractivity contribution >= 4 is 11.9 Å². The quantitative estimate of drug-likeness (QED) is 0.352. The van der Waals surface area contributed by atoms with Crippen LogP contribution in [-0.2, 0) is 23.8 Å². The molecule has 2 atom stereocenters. The first kappa shape index (κ1) is 15.6. The van der Waals surface area contributed by atoms with Crippen molar-refractivity contribution < 1.29 is 28.9 Å². The van der Waals surface area contributed by atoms with Crippen LogP contribution >= 0.6 is 0 Å². The molecule has 0 aliphatic carbocycles. The zero-order valence-electron chi connectivity index (χ0n) is 10.7. The Morgan fingerprint density at radius 3 is 2.95 bits per heavy atom. The molecule has 1 aliphatic heterocycles. The van der Waals surface area contributed by atoms with Gasteiger partial charge < -0.3 is 24.6 Å². The van der Waals surface area contributed by atoms with Crippen LogP contribution in [0, 0.1) is 0 Å². The van der Waals surface area contributed by atoms with E-state index in [1.165, 1.54) is 6.08 Å². The molecule has 19 heavy (non-hydrogen) atoms. The Kier molecular flexibility index (Phi) is 7.09. The number of hydrogen-bond acceptors (Lipinski definition) is 6. The summed E-state index contributed by atoms with van der Waals surface area (Å²) in [6.45, 7) is 5.57. The second-order valence-electron chi connectivity index (χ2n) is 3.99. The molecule has 0 spiro atoms. The minimum atomic E-state index is -1.60. The summed E-state index contributed by atoms with van der Waals surface area (Å²) in [6, 6.07) is 0. The van der Waals surface area contributed by atoms with Crippen LogP contribution in [0.25, 0.3) is 0 Å². The van der Waals surface area contributed by atoms with Crippen molar-refractivity contribution in [3.8, 4) is 0 Å². The number of nitrogens with one attached hydrogen (secondary N) is 1. The van der Waals surface area contributed by atoms with Crippen molar-refractivity contribution in [3.63, 3.8) is 0 Å². The third kappa shape index (κ3) is 5.82. The lowest BCUT2D eigenvalue weighted by Crippen LogP contribution is -2.40. The lowest BCUT2D eigenvalue weighted by atomic mass is 10.2. The molecular formula is C12H19NO6. The number of aliphatic carboxylic acids is 1. The maximum Gasteiger partial charge on any atom is 0.347 e. The van der Waals surface area contributed by atoms with E-state index in [0.29, 0.717) is 19.6 Å². The van der Waals surface area contributed by atoms with E-state index in [1.807, 2.05) is 0 Å². The molecule has 7 heteroatoms. The molecule has 1 aliphatic rings. The zero-order chi connectivity index (χ0) is 14.1. The number of esters is 1. The fourth-order valence-corrected chi connectivity index (χ4v) is 1.58. The van der Waals surface area contributed by atoms with Crippen molar-refractivity contribution in [2.24, 2.45) is 0 Å². The van der Waals surface area contributed by atoms with Crippen molar-refractivity contribution in [2.45, 2.75) is 18.6 Å². The Labute approximate surface area is 111 Å². The highest BCUT2D eigenvalue weighted by Gasteiger charge is 2.29. The van der Waals surface area contributed by atoms with Crippen LogP contribution in [0.3, 0.4) is 0 Å². The van der Waals surface area contributed by atoms with Gasteiger partial charge in [-0.25, -0.2) is 9.59 Å². The normalized spacial score (nSPS) is 20.5. The predicted molar refractivity (Wildman–Crippen MR) is 65.8 cm³/mol. The molecule has 7 nitrogen and oxygen atoms in total. The van der Waals surface area contributed by atoms with Gasteiger partial charge in [-0.2, -0.15) is 0 Å². The number of hydrogen-bond donors (Lipinski definition) is 2. The van der Waals surface area contributed by atoms with Crippen LogP contribution in [0.4, 0.5) is 0 Å². The van der Waals surface area contributed by atoms with Gasteiger partial charge in [0.15, 0.2) is 0 Å². The molecule has 0 bridgehead atoms. The number of carboxylic acid groups (broad SMARTS) is 1. The van der Waals surface area contributed by atoms with Gasteiger partial charge in [0.25, 0.3) is 6.10 Å². The third-order valence-electron chi connectivity index (χ3n) is 2.51. The molecule has 2 unspecified atom stereocenters. The Morgan fingerprint density at radius 2 is 2.37 bits per heavy atom. The summed E-state index contributed by atoms with van der Waals surface area (Å²) in [5, 5.41) is 12.0. The lowest BCUT2D eigenvalue weighted by Gasteiger charge is -2.23. The molecular weight excluding hydrogens is 254 g/mol. The maximum absolute atomic E-state index is 11.4. The minimum Gasteiger partial charge on any atom is -0.479 e. The van der Waals surface area contributed by atoms with E-state index in [1.54, 1.807) is 0 Å². The average Bonchev–Trinajstić information content (AvgIpc) is 2.41.